The van der Waals surface area contributed by atoms with E-state index in [1.807, 2.05) is 30.3 Å². The molecule has 0 N–H and O–H groups in total. The minimum atomic E-state index is -0.492. The van der Waals surface area contributed by atoms with Gasteiger partial charge in [-0.05, 0) is 32.3 Å². The predicted octanol–water partition coefficient (Wildman–Crippen LogP) is 5.08. The maximum atomic E-state index is 5.84. The van der Waals surface area contributed by atoms with Crippen LogP contribution in [0.1, 0.15) is 10.4 Å². The average Bonchev–Trinajstić information content (AvgIpc) is 2.18. The number of hydrogen-bond acceptors (Lipinski definition) is 0. The molecule has 3 heteroatoms. The number of fused-ring (bicyclic) bond motifs is 1. The molecule has 14 heavy (non-hydrogen) atoms. The van der Waals surface area contributed by atoms with Crippen LogP contribution in [0.2, 0.25) is 0 Å². The molecule has 0 spiro atoms. The van der Waals surface area contributed by atoms with Crippen molar-refractivity contribution in [1.82, 2.24) is 0 Å². The normalized spacial score (nSPS) is 11.1. The molecule has 0 radical (unpaired) electrons. The van der Waals surface area contributed by atoms with E-state index in [1.54, 1.807) is 0 Å². The van der Waals surface area contributed by atoms with Crippen molar-refractivity contribution in [3.8, 4) is 0 Å². The van der Waals surface area contributed by atoms with E-state index in [2.05, 4.69) is 22.0 Å². The summed E-state index contributed by atoms with van der Waals surface area (Å²) in [5, 5.41) is 2.31. The van der Waals surface area contributed by atoms with Crippen LogP contribution in [-0.2, 0) is 0 Å². The average molecular weight is 290 g/mol. The van der Waals surface area contributed by atoms with Gasteiger partial charge in [-0.2, -0.15) is 0 Å². The highest BCUT2D eigenvalue weighted by Crippen LogP contribution is 2.35. The Labute approximate surface area is 101 Å². The lowest BCUT2D eigenvalue weighted by atomic mass is 10.1. The molecule has 2 rings (SSSR count). The Morgan fingerprint density at radius 1 is 1.00 bits per heavy atom. The summed E-state index contributed by atoms with van der Waals surface area (Å²) in [5.41, 5.74) is 0.909. The second-order valence-corrected chi connectivity index (χ2v) is 4.88. The van der Waals surface area contributed by atoms with Crippen LogP contribution in [0.4, 0.5) is 0 Å². The van der Waals surface area contributed by atoms with Crippen LogP contribution in [-0.4, -0.2) is 0 Å². The highest BCUT2D eigenvalue weighted by molar-refractivity contribution is 9.10. The molecular weight excluding hydrogens is 283 g/mol. The van der Waals surface area contributed by atoms with Crippen molar-refractivity contribution in [2.45, 2.75) is 4.84 Å². The van der Waals surface area contributed by atoms with Crippen LogP contribution in [0.3, 0.4) is 0 Å². The first kappa shape index (κ1) is 10.3. The quantitative estimate of drug-likeness (QED) is 0.642. The Bertz CT molecular complexity index is 466. The molecule has 0 nitrogen and oxygen atoms in total. The minimum Gasteiger partial charge on any atom is -0.100 e. The van der Waals surface area contributed by atoms with Gasteiger partial charge in [-0.1, -0.05) is 36.4 Å². The summed E-state index contributed by atoms with van der Waals surface area (Å²) in [4.78, 5) is -0.492. The summed E-state index contributed by atoms with van der Waals surface area (Å²) < 4.78 is 0.977. The van der Waals surface area contributed by atoms with Gasteiger partial charge in [-0.15, -0.1) is 23.2 Å². The SMILES string of the molecule is ClC(Cl)c1ccc2ccccc2c1Br. The summed E-state index contributed by atoms with van der Waals surface area (Å²) in [7, 11) is 0. The molecule has 0 saturated heterocycles. The van der Waals surface area contributed by atoms with E-state index < -0.39 is 4.84 Å². The highest BCUT2D eigenvalue weighted by Gasteiger charge is 2.10. The van der Waals surface area contributed by atoms with Crippen molar-refractivity contribution in [3.05, 3.63) is 46.4 Å². The molecule has 0 aliphatic rings. The molecule has 0 fully saturated rings. The number of benzene rings is 2. The summed E-state index contributed by atoms with van der Waals surface area (Å²) in [5.74, 6) is 0. The maximum absolute atomic E-state index is 5.84. The summed E-state index contributed by atoms with van der Waals surface area (Å²) in [6, 6.07) is 12.1. The molecule has 0 saturated carbocycles. The van der Waals surface area contributed by atoms with Crippen LogP contribution in [0, 0.1) is 0 Å². The first-order valence-electron chi connectivity index (χ1n) is 4.15. The van der Waals surface area contributed by atoms with Gasteiger partial charge in [0.25, 0.3) is 0 Å². The van der Waals surface area contributed by atoms with Crippen LogP contribution < -0.4 is 0 Å². The van der Waals surface area contributed by atoms with E-state index in [-0.39, 0.29) is 0 Å². The van der Waals surface area contributed by atoms with Gasteiger partial charge in [0.2, 0.25) is 0 Å². The molecular formula is C11H7BrCl2. The van der Waals surface area contributed by atoms with Gasteiger partial charge in [0, 0.05) is 4.47 Å². The molecule has 2 aromatic carbocycles. The van der Waals surface area contributed by atoms with Crippen molar-refractivity contribution in [1.29, 1.82) is 0 Å². The van der Waals surface area contributed by atoms with E-state index >= 15 is 0 Å². The van der Waals surface area contributed by atoms with Gasteiger partial charge in [0.1, 0.15) is 4.84 Å². The fourth-order valence-corrected chi connectivity index (χ4v) is 2.77. The third kappa shape index (κ3) is 1.77. The van der Waals surface area contributed by atoms with Crippen molar-refractivity contribution < 1.29 is 0 Å². The topological polar surface area (TPSA) is 0 Å². The zero-order chi connectivity index (χ0) is 10.1. The molecule has 2 aromatic rings. The van der Waals surface area contributed by atoms with Crippen molar-refractivity contribution in [2.75, 3.05) is 0 Å². The number of alkyl halides is 2. The van der Waals surface area contributed by atoms with Crippen molar-refractivity contribution >= 4 is 49.9 Å². The summed E-state index contributed by atoms with van der Waals surface area (Å²) >= 11 is 15.2. The monoisotopic (exact) mass is 288 g/mol. The zero-order valence-corrected chi connectivity index (χ0v) is 10.3. The molecule has 0 unspecified atom stereocenters. The molecule has 0 aliphatic carbocycles. The predicted molar refractivity (Wildman–Crippen MR) is 66.1 cm³/mol. The van der Waals surface area contributed by atoms with E-state index in [4.69, 9.17) is 23.2 Å². The van der Waals surface area contributed by atoms with E-state index in [9.17, 15) is 0 Å². The maximum Gasteiger partial charge on any atom is 0.133 e. The smallest absolute Gasteiger partial charge is 0.100 e. The van der Waals surface area contributed by atoms with E-state index in [0.29, 0.717) is 0 Å². The Morgan fingerprint density at radius 2 is 1.71 bits per heavy atom. The van der Waals surface area contributed by atoms with Crippen molar-refractivity contribution in [2.24, 2.45) is 0 Å². The minimum absolute atomic E-state index is 0.492. The third-order valence-corrected chi connectivity index (χ3v) is 3.48. The number of hydrogen-bond donors (Lipinski definition) is 0. The Kier molecular flexibility index (Phi) is 3.01. The van der Waals surface area contributed by atoms with Gasteiger partial charge in [-0.3, -0.25) is 0 Å². The number of halogens is 3. The second kappa shape index (κ2) is 4.09. The number of rotatable bonds is 1. The van der Waals surface area contributed by atoms with Gasteiger partial charge in [-0.25, -0.2) is 0 Å². The lowest BCUT2D eigenvalue weighted by Gasteiger charge is -2.07. The van der Waals surface area contributed by atoms with Gasteiger partial charge >= 0.3 is 0 Å². The lowest BCUT2D eigenvalue weighted by molar-refractivity contribution is 1.34. The van der Waals surface area contributed by atoms with Crippen LogP contribution in [0.5, 0.6) is 0 Å². The van der Waals surface area contributed by atoms with Crippen molar-refractivity contribution in [3.63, 3.8) is 0 Å². The van der Waals surface area contributed by atoms with Gasteiger partial charge in [0.05, 0.1) is 0 Å². The lowest BCUT2D eigenvalue weighted by Crippen LogP contribution is -1.85. The van der Waals surface area contributed by atoms with E-state index in [0.717, 1.165) is 15.4 Å². The van der Waals surface area contributed by atoms with Gasteiger partial charge in [0.15, 0.2) is 0 Å². The third-order valence-electron chi connectivity index (χ3n) is 2.13. The van der Waals surface area contributed by atoms with Crippen LogP contribution in [0.25, 0.3) is 10.8 Å². The summed E-state index contributed by atoms with van der Waals surface area (Å²) in [6.45, 7) is 0. The molecule has 0 bridgehead atoms. The summed E-state index contributed by atoms with van der Waals surface area (Å²) in [6.07, 6.45) is 0. The Balaban J connectivity index is 2.75. The highest BCUT2D eigenvalue weighted by atomic mass is 79.9. The fraction of sp³-hybridized carbons (Fsp3) is 0.0909. The van der Waals surface area contributed by atoms with E-state index in [1.165, 1.54) is 5.39 Å². The molecule has 0 atom stereocenters. The molecule has 0 amide bonds. The first-order chi connectivity index (χ1) is 6.70. The zero-order valence-electron chi connectivity index (χ0n) is 7.18. The molecule has 72 valence electrons. The standard InChI is InChI=1S/C11H7BrCl2/c12-10-8-4-2-1-3-7(8)5-6-9(10)11(13)14/h1-6,11H. The van der Waals surface area contributed by atoms with Crippen LogP contribution in [0.15, 0.2) is 40.9 Å². The largest absolute Gasteiger partial charge is 0.133 e. The molecule has 0 aromatic heterocycles. The Hall–Kier alpha value is -0.240. The van der Waals surface area contributed by atoms with Crippen LogP contribution >= 0.6 is 39.1 Å². The molecule has 0 heterocycles. The molecule has 0 aliphatic heterocycles. The van der Waals surface area contributed by atoms with Gasteiger partial charge < -0.3 is 0 Å². The fourth-order valence-electron chi connectivity index (χ4n) is 1.42. The first-order valence-corrected chi connectivity index (χ1v) is 5.82. The Morgan fingerprint density at radius 3 is 2.43 bits per heavy atom. The second-order valence-electron chi connectivity index (χ2n) is 2.99.